The van der Waals surface area contributed by atoms with Gasteiger partial charge in [-0.2, -0.15) is 0 Å². The topological polar surface area (TPSA) is 71.1 Å². The molecule has 1 unspecified atom stereocenters. The minimum atomic E-state index is -3.26. The predicted molar refractivity (Wildman–Crippen MR) is 75.2 cm³/mol. The van der Waals surface area contributed by atoms with Gasteiger partial charge in [0.1, 0.15) is 5.01 Å². The van der Waals surface area contributed by atoms with Crippen LogP contribution in [0.15, 0.2) is 11.6 Å². The Bertz CT molecular complexity index is 429. The molecule has 104 valence electrons. The van der Waals surface area contributed by atoms with Crippen molar-refractivity contribution in [3.05, 3.63) is 16.6 Å². The van der Waals surface area contributed by atoms with Crippen LogP contribution in [0.1, 0.15) is 38.2 Å². The second kappa shape index (κ2) is 7.18. The van der Waals surface area contributed by atoms with Gasteiger partial charge in [-0.1, -0.05) is 20.8 Å². The van der Waals surface area contributed by atoms with Crippen molar-refractivity contribution in [3.8, 4) is 0 Å². The Balaban J connectivity index is 2.53. The van der Waals surface area contributed by atoms with E-state index in [9.17, 15) is 8.42 Å². The van der Waals surface area contributed by atoms with E-state index in [0.29, 0.717) is 19.0 Å². The summed E-state index contributed by atoms with van der Waals surface area (Å²) in [6, 6.07) is 0.0789. The van der Waals surface area contributed by atoms with E-state index in [1.165, 1.54) is 11.3 Å². The molecule has 0 aliphatic heterocycles. The van der Waals surface area contributed by atoms with Crippen LogP contribution in [-0.4, -0.2) is 31.7 Å². The molecule has 1 aromatic rings. The van der Waals surface area contributed by atoms with Gasteiger partial charge >= 0.3 is 0 Å². The van der Waals surface area contributed by atoms with Gasteiger partial charge in [-0.25, -0.2) is 18.1 Å². The van der Waals surface area contributed by atoms with E-state index in [1.54, 1.807) is 6.20 Å². The first-order valence-corrected chi connectivity index (χ1v) is 8.60. The van der Waals surface area contributed by atoms with E-state index in [0.717, 1.165) is 5.01 Å². The molecule has 2 N–H and O–H groups in total. The highest BCUT2D eigenvalue weighted by atomic mass is 32.2. The Hall–Kier alpha value is -0.500. The predicted octanol–water partition coefficient (Wildman–Crippen LogP) is 1.51. The van der Waals surface area contributed by atoms with Gasteiger partial charge in [-0.3, -0.25) is 0 Å². The lowest BCUT2D eigenvalue weighted by Crippen LogP contribution is -2.36. The summed E-state index contributed by atoms with van der Waals surface area (Å²) in [5.74, 6) is 0.0903. The molecule has 18 heavy (non-hydrogen) atoms. The minimum Gasteiger partial charge on any atom is -0.313 e. The van der Waals surface area contributed by atoms with E-state index < -0.39 is 10.0 Å². The van der Waals surface area contributed by atoms with Crippen molar-refractivity contribution in [3.63, 3.8) is 0 Å². The number of aromatic nitrogens is 1. The third-order valence-electron chi connectivity index (χ3n) is 2.40. The third-order valence-corrected chi connectivity index (χ3v) is 4.68. The normalized spacial score (nSPS) is 14.0. The van der Waals surface area contributed by atoms with Gasteiger partial charge in [0.15, 0.2) is 0 Å². The summed E-state index contributed by atoms with van der Waals surface area (Å²) < 4.78 is 26.5. The highest BCUT2D eigenvalue weighted by Crippen LogP contribution is 2.19. The monoisotopic (exact) mass is 291 g/mol. The number of hydrogen-bond donors (Lipinski definition) is 2. The number of rotatable bonds is 8. The quantitative estimate of drug-likeness (QED) is 0.761. The van der Waals surface area contributed by atoms with E-state index in [1.807, 2.05) is 26.2 Å². The van der Waals surface area contributed by atoms with Gasteiger partial charge in [0.25, 0.3) is 0 Å². The molecule has 1 rings (SSSR count). The minimum absolute atomic E-state index is 0.0903. The molecule has 5 nitrogen and oxygen atoms in total. The molecule has 0 bridgehead atoms. The zero-order valence-electron chi connectivity index (χ0n) is 11.0. The third kappa shape index (κ3) is 5.43. The molecule has 1 atom stereocenters. The van der Waals surface area contributed by atoms with Crippen LogP contribution in [0.25, 0.3) is 0 Å². The fourth-order valence-electron chi connectivity index (χ4n) is 1.47. The highest BCUT2D eigenvalue weighted by molar-refractivity contribution is 7.89. The largest absolute Gasteiger partial charge is 0.313 e. The molecule has 1 aromatic heterocycles. The van der Waals surface area contributed by atoms with Crippen molar-refractivity contribution in [1.82, 2.24) is 15.0 Å². The van der Waals surface area contributed by atoms with Gasteiger partial charge < -0.3 is 5.32 Å². The maximum absolute atomic E-state index is 11.9. The van der Waals surface area contributed by atoms with Gasteiger partial charge in [-0.15, -0.1) is 11.3 Å². The molecular weight excluding hydrogens is 270 g/mol. The van der Waals surface area contributed by atoms with Gasteiger partial charge in [0.05, 0.1) is 11.8 Å². The molecule has 0 aromatic carbocycles. The molecule has 0 saturated heterocycles. The lowest BCUT2D eigenvalue weighted by molar-refractivity contribution is 0.541. The zero-order chi connectivity index (χ0) is 13.6. The van der Waals surface area contributed by atoms with Crippen LogP contribution in [0.4, 0.5) is 0 Å². The molecule has 0 aliphatic rings. The Kier molecular flexibility index (Phi) is 6.20. The highest BCUT2D eigenvalue weighted by Gasteiger charge is 2.19. The average molecular weight is 291 g/mol. The molecule has 0 spiro atoms. The maximum Gasteiger partial charge on any atom is 0.213 e. The maximum atomic E-state index is 11.9. The van der Waals surface area contributed by atoms with E-state index in [2.05, 4.69) is 15.0 Å². The smallest absolute Gasteiger partial charge is 0.213 e. The molecule has 0 radical (unpaired) electrons. The van der Waals surface area contributed by atoms with Crippen LogP contribution in [0.2, 0.25) is 0 Å². The van der Waals surface area contributed by atoms with Crippen molar-refractivity contribution >= 4 is 21.4 Å². The van der Waals surface area contributed by atoms with Crippen molar-refractivity contribution < 1.29 is 8.42 Å². The van der Waals surface area contributed by atoms with Gasteiger partial charge in [0, 0.05) is 24.2 Å². The fourth-order valence-corrected chi connectivity index (χ4v) is 3.54. The van der Waals surface area contributed by atoms with Crippen LogP contribution in [-0.2, 0) is 10.0 Å². The number of thiazole rings is 1. The molecule has 0 amide bonds. The number of nitrogens with zero attached hydrogens (tertiary/aromatic N) is 1. The lowest BCUT2D eigenvalue weighted by Gasteiger charge is -2.15. The molecule has 1 heterocycles. The number of nitrogens with one attached hydrogen (secondary N) is 2. The second-order valence-corrected chi connectivity index (χ2v) is 7.18. The van der Waals surface area contributed by atoms with Gasteiger partial charge in [-0.05, 0) is 6.42 Å². The molecule has 0 aliphatic carbocycles. The van der Waals surface area contributed by atoms with Crippen LogP contribution in [0.3, 0.4) is 0 Å². The number of sulfonamides is 1. The van der Waals surface area contributed by atoms with Crippen LogP contribution < -0.4 is 10.0 Å². The zero-order valence-corrected chi connectivity index (χ0v) is 12.6. The molecular formula is C11H21N3O2S2. The van der Waals surface area contributed by atoms with Crippen molar-refractivity contribution in [2.75, 3.05) is 12.3 Å². The van der Waals surface area contributed by atoms with Crippen molar-refractivity contribution in [2.45, 2.75) is 39.3 Å². The Morgan fingerprint density at radius 3 is 2.67 bits per heavy atom. The second-order valence-electron chi connectivity index (χ2n) is 4.38. The first-order chi connectivity index (χ1) is 8.44. The lowest BCUT2D eigenvalue weighted by atomic mass is 10.3. The van der Waals surface area contributed by atoms with Crippen LogP contribution in [0, 0.1) is 0 Å². The Labute approximate surface area is 113 Å². The van der Waals surface area contributed by atoms with Crippen molar-refractivity contribution in [2.24, 2.45) is 0 Å². The first kappa shape index (κ1) is 15.6. The van der Waals surface area contributed by atoms with E-state index >= 15 is 0 Å². The fraction of sp³-hybridized carbons (Fsp3) is 0.727. The van der Waals surface area contributed by atoms with Crippen LogP contribution in [0.5, 0.6) is 0 Å². The standard InChI is InChI=1S/C11H21N3O2S2/c1-4-10(11-13-5-7-17-11)14-18(15,16)8-6-12-9(2)3/h5,7,9-10,12,14H,4,6,8H2,1-3H3. The molecule has 0 saturated carbocycles. The Morgan fingerprint density at radius 1 is 1.44 bits per heavy atom. The molecule has 7 heteroatoms. The first-order valence-electron chi connectivity index (χ1n) is 6.07. The summed E-state index contributed by atoms with van der Waals surface area (Å²) >= 11 is 1.47. The summed E-state index contributed by atoms with van der Waals surface area (Å²) in [5.41, 5.74) is 0. The Morgan fingerprint density at radius 2 is 2.17 bits per heavy atom. The van der Waals surface area contributed by atoms with E-state index in [-0.39, 0.29) is 11.8 Å². The molecule has 0 fully saturated rings. The summed E-state index contributed by atoms with van der Waals surface area (Å²) in [7, 11) is -3.26. The van der Waals surface area contributed by atoms with Crippen LogP contribution >= 0.6 is 11.3 Å². The summed E-state index contributed by atoms with van der Waals surface area (Å²) in [6.07, 6.45) is 2.39. The summed E-state index contributed by atoms with van der Waals surface area (Å²) in [5, 5.41) is 5.77. The average Bonchev–Trinajstić information content (AvgIpc) is 2.78. The summed E-state index contributed by atoms with van der Waals surface area (Å²) in [4.78, 5) is 4.16. The van der Waals surface area contributed by atoms with Gasteiger partial charge in [0.2, 0.25) is 10.0 Å². The SMILES string of the molecule is CCC(NS(=O)(=O)CCNC(C)C)c1nccs1. The van der Waals surface area contributed by atoms with Crippen molar-refractivity contribution in [1.29, 1.82) is 0 Å². The van der Waals surface area contributed by atoms with E-state index in [4.69, 9.17) is 0 Å². The summed E-state index contributed by atoms with van der Waals surface area (Å²) in [6.45, 7) is 6.39. The number of hydrogen-bond acceptors (Lipinski definition) is 5.